The van der Waals surface area contributed by atoms with Crippen LogP contribution in [0.3, 0.4) is 0 Å². The van der Waals surface area contributed by atoms with Gasteiger partial charge in [0.2, 0.25) is 5.78 Å². The van der Waals surface area contributed by atoms with Crippen molar-refractivity contribution in [2.75, 3.05) is 6.61 Å². The molecule has 0 N–H and O–H groups in total. The SMILES string of the molecule is CC(=O)OCC(=O)c1ccc(C(F)(F)F)cc1Cl. The van der Waals surface area contributed by atoms with Crippen molar-refractivity contribution < 1.29 is 27.5 Å². The number of hydrogen-bond acceptors (Lipinski definition) is 3. The summed E-state index contributed by atoms with van der Waals surface area (Å²) in [7, 11) is 0. The standard InChI is InChI=1S/C11H8ClF3O3/c1-6(16)18-5-10(17)8-3-2-7(4-9(8)12)11(13,14)15/h2-4H,5H2,1H3. The summed E-state index contributed by atoms with van der Waals surface area (Å²) in [6, 6.07) is 2.35. The molecule has 0 unspecified atom stereocenters. The molecule has 0 amide bonds. The summed E-state index contributed by atoms with van der Waals surface area (Å²) in [6.07, 6.45) is -4.53. The molecule has 98 valence electrons. The number of ether oxygens (including phenoxy) is 1. The van der Waals surface area contributed by atoms with Crippen molar-refractivity contribution in [3.05, 3.63) is 34.3 Å². The lowest BCUT2D eigenvalue weighted by Gasteiger charge is -2.09. The maximum Gasteiger partial charge on any atom is 0.416 e. The highest BCUT2D eigenvalue weighted by molar-refractivity contribution is 6.34. The molecule has 0 saturated heterocycles. The van der Waals surface area contributed by atoms with Crippen molar-refractivity contribution in [1.82, 2.24) is 0 Å². The molecule has 1 aromatic carbocycles. The molecule has 0 atom stereocenters. The molecule has 1 rings (SSSR count). The van der Waals surface area contributed by atoms with E-state index >= 15 is 0 Å². The molecule has 7 heteroatoms. The van der Waals surface area contributed by atoms with Gasteiger partial charge >= 0.3 is 12.1 Å². The first-order valence-corrected chi connectivity index (χ1v) is 5.13. The lowest BCUT2D eigenvalue weighted by atomic mass is 10.1. The number of hydrogen-bond donors (Lipinski definition) is 0. The molecule has 0 aliphatic rings. The van der Waals surface area contributed by atoms with Gasteiger partial charge in [-0.05, 0) is 18.2 Å². The van der Waals surface area contributed by atoms with Crippen molar-refractivity contribution >= 4 is 23.4 Å². The van der Waals surface area contributed by atoms with Crippen molar-refractivity contribution in [2.24, 2.45) is 0 Å². The molecule has 1 aromatic rings. The van der Waals surface area contributed by atoms with E-state index in [4.69, 9.17) is 11.6 Å². The minimum atomic E-state index is -4.53. The molecule has 0 bridgehead atoms. The molecule has 0 heterocycles. The lowest BCUT2D eigenvalue weighted by Crippen LogP contribution is -2.13. The van der Waals surface area contributed by atoms with Gasteiger partial charge < -0.3 is 4.74 Å². The Kier molecular flexibility index (Phi) is 4.34. The van der Waals surface area contributed by atoms with Gasteiger partial charge in [0.1, 0.15) is 0 Å². The second kappa shape index (κ2) is 5.39. The first-order valence-electron chi connectivity index (χ1n) is 4.75. The number of alkyl halides is 3. The highest BCUT2D eigenvalue weighted by Gasteiger charge is 2.31. The Morgan fingerprint density at radius 1 is 1.33 bits per heavy atom. The number of halogens is 4. The first kappa shape index (κ1) is 14.5. The number of Topliss-reactive ketones (excluding diaryl/α,β-unsaturated/α-hetero) is 1. The van der Waals surface area contributed by atoms with E-state index in [-0.39, 0.29) is 10.6 Å². The first-order chi connectivity index (χ1) is 8.21. The van der Waals surface area contributed by atoms with Crippen LogP contribution in [0.4, 0.5) is 13.2 Å². The fraction of sp³-hybridized carbons (Fsp3) is 0.273. The molecular weight excluding hydrogens is 273 g/mol. The van der Waals surface area contributed by atoms with Crippen molar-refractivity contribution in [3.63, 3.8) is 0 Å². The molecule has 0 aliphatic carbocycles. The van der Waals surface area contributed by atoms with Gasteiger partial charge in [0.25, 0.3) is 0 Å². The summed E-state index contributed by atoms with van der Waals surface area (Å²) in [4.78, 5) is 22.0. The van der Waals surface area contributed by atoms with Crippen molar-refractivity contribution in [1.29, 1.82) is 0 Å². The number of benzene rings is 1. The third-order valence-corrected chi connectivity index (χ3v) is 2.32. The monoisotopic (exact) mass is 280 g/mol. The summed E-state index contributed by atoms with van der Waals surface area (Å²) in [6.45, 7) is 0.558. The van der Waals surface area contributed by atoms with Crippen LogP contribution in [0.25, 0.3) is 0 Å². The Morgan fingerprint density at radius 3 is 2.39 bits per heavy atom. The second-order valence-electron chi connectivity index (χ2n) is 3.40. The van der Waals surface area contributed by atoms with Crippen LogP contribution in [0.2, 0.25) is 5.02 Å². The molecular formula is C11H8ClF3O3. The van der Waals surface area contributed by atoms with Crippen LogP contribution in [0.1, 0.15) is 22.8 Å². The van der Waals surface area contributed by atoms with Crippen LogP contribution in [0, 0.1) is 0 Å². The summed E-state index contributed by atoms with van der Waals surface area (Å²) in [5.41, 5.74) is -1.07. The third kappa shape index (κ3) is 3.73. The van der Waals surface area contributed by atoms with E-state index in [1.807, 2.05) is 0 Å². The molecule has 0 spiro atoms. The Balaban J connectivity index is 2.92. The minimum Gasteiger partial charge on any atom is -0.457 e. The van der Waals surface area contributed by atoms with Crippen LogP contribution in [0.5, 0.6) is 0 Å². The summed E-state index contributed by atoms with van der Waals surface area (Å²) in [5.74, 6) is -1.32. The smallest absolute Gasteiger partial charge is 0.416 e. The van der Waals surface area contributed by atoms with Gasteiger partial charge in [-0.1, -0.05) is 11.6 Å². The highest BCUT2D eigenvalue weighted by atomic mass is 35.5. The van der Waals surface area contributed by atoms with E-state index in [2.05, 4.69) is 4.74 Å². The Bertz CT molecular complexity index is 483. The normalized spacial score (nSPS) is 11.2. The lowest BCUT2D eigenvalue weighted by molar-refractivity contribution is -0.140. The fourth-order valence-electron chi connectivity index (χ4n) is 1.16. The van der Waals surface area contributed by atoms with E-state index in [0.717, 1.165) is 19.1 Å². The molecule has 0 saturated carbocycles. The minimum absolute atomic E-state index is 0.120. The van der Waals surface area contributed by atoms with Crippen LogP contribution in [0.15, 0.2) is 18.2 Å². The average Bonchev–Trinajstić information content (AvgIpc) is 2.24. The molecule has 18 heavy (non-hydrogen) atoms. The summed E-state index contributed by atoms with van der Waals surface area (Å²) < 4.78 is 41.5. The van der Waals surface area contributed by atoms with Crippen LogP contribution in [-0.2, 0) is 15.7 Å². The molecule has 0 aliphatic heterocycles. The van der Waals surface area contributed by atoms with Gasteiger partial charge in [-0.15, -0.1) is 0 Å². The third-order valence-electron chi connectivity index (χ3n) is 2.00. The number of ketones is 1. The Morgan fingerprint density at radius 2 is 1.94 bits per heavy atom. The molecule has 0 fully saturated rings. The quantitative estimate of drug-likeness (QED) is 0.631. The van der Waals surface area contributed by atoms with E-state index < -0.39 is 30.1 Å². The number of rotatable bonds is 3. The van der Waals surface area contributed by atoms with E-state index in [0.29, 0.717) is 6.07 Å². The molecule has 3 nitrogen and oxygen atoms in total. The number of carbonyl (C=O) groups excluding carboxylic acids is 2. The van der Waals surface area contributed by atoms with Crippen molar-refractivity contribution in [2.45, 2.75) is 13.1 Å². The molecule has 0 aromatic heterocycles. The largest absolute Gasteiger partial charge is 0.457 e. The van der Waals surface area contributed by atoms with Crippen LogP contribution in [-0.4, -0.2) is 18.4 Å². The van der Waals surface area contributed by atoms with Gasteiger partial charge in [0.05, 0.1) is 10.6 Å². The zero-order valence-electron chi connectivity index (χ0n) is 9.18. The van der Waals surface area contributed by atoms with E-state index in [1.165, 1.54) is 0 Å². The Labute approximate surface area is 105 Å². The van der Waals surface area contributed by atoms with Crippen LogP contribution < -0.4 is 0 Å². The van der Waals surface area contributed by atoms with Gasteiger partial charge in [0.15, 0.2) is 6.61 Å². The van der Waals surface area contributed by atoms with Gasteiger partial charge in [-0.2, -0.15) is 13.2 Å². The zero-order chi connectivity index (χ0) is 13.9. The predicted molar refractivity (Wildman–Crippen MR) is 57.4 cm³/mol. The maximum absolute atomic E-state index is 12.3. The number of carbonyl (C=O) groups is 2. The van der Waals surface area contributed by atoms with Gasteiger partial charge in [-0.3, -0.25) is 9.59 Å². The zero-order valence-corrected chi connectivity index (χ0v) is 9.93. The number of esters is 1. The van der Waals surface area contributed by atoms with Crippen molar-refractivity contribution in [3.8, 4) is 0 Å². The topological polar surface area (TPSA) is 43.4 Å². The predicted octanol–water partition coefficient (Wildman–Crippen LogP) is 3.10. The Hall–Kier alpha value is -1.56. The van der Waals surface area contributed by atoms with Gasteiger partial charge in [-0.25, -0.2) is 0 Å². The summed E-state index contributed by atoms with van der Waals surface area (Å²) >= 11 is 5.58. The fourth-order valence-corrected chi connectivity index (χ4v) is 1.45. The molecule has 0 radical (unpaired) electrons. The van der Waals surface area contributed by atoms with Gasteiger partial charge in [0, 0.05) is 12.5 Å². The van der Waals surface area contributed by atoms with Crippen LogP contribution >= 0.6 is 11.6 Å². The second-order valence-corrected chi connectivity index (χ2v) is 3.80. The average molecular weight is 281 g/mol. The highest BCUT2D eigenvalue weighted by Crippen LogP contribution is 2.32. The van der Waals surface area contributed by atoms with E-state index in [9.17, 15) is 22.8 Å². The maximum atomic E-state index is 12.3. The summed E-state index contributed by atoms with van der Waals surface area (Å²) in [5, 5.41) is -0.332. The van der Waals surface area contributed by atoms with E-state index in [1.54, 1.807) is 0 Å².